The number of halogens is 1. The minimum atomic E-state index is -0.202. The predicted octanol–water partition coefficient (Wildman–Crippen LogP) is 5.46. The van der Waals surface area contributed by atoms with Gasteiger partial charge in [-0.1, -0.05) is 23.4 Å². The van der Waals surface area contributed by atoms with Gasteiger partial charge in [0.25, 0.3) is 5.56 Å². The molecule has 0 unspecified atom stereocenters. The molecule has 1 N–H and O–H groups in total. The van der Waals surface area contributed by atoms with Crippen LogP contribution in [-0.2, 0) is 4.79 Å². The van der Waals surface area contributed by atoms with Crippen LogP contribution in [-0.4, -0.2) is 28.3 Å². The molecule has 0 aliphatic carbocycles. The zero-order chi connectivity index (χ0) is 22.8. The molecule has 164 valence electrons. The van der Waals surface area contributed by atoms with E-state index in [1.54, 1.807) is 60.2 Å². The summed E-state index contributed by atoms with van der Waals surface area (Å²) in [5, 5.41) is 4.50. The highest BCUT2D eigenvalue weighted by Gasteiger charge is 2.19. The van der Waals surface area contributed by atoms with E-state index in [-0.39, 0.29) is 17.2 Å². The van der Waals surface area contributed by atoms with Crippen molar-refractivity contribution in [3.63, 3.8) is 0 Å². The van der Waals surface area contributed by atoms with Gasteiger partial charge in [0.15, 0.2) is 5.16 Å². The third-order valence-corrected chi connectivity index (χ3v) is 7.25. The van der Waals surface area contributed by atoms with Crippen molar-refractivity contribution in [2.45, 2.75) is 19.0 Å². The number of carbonyl (C=O) groups excluding carboxylic acids is 1. The summed E-state index contributed by atoms with van der Waals surface area (Å²) in [7, 11) is 1.59. The Balaban J connectivity index is 1.69. The molecule has 0 fully saturated rings. The molecule has 0 bridgehead atoms. The zero-order valence-electron chi connectivity index (χ0n) is 17.6. The van der Waals surface area contributed by atoms with Crippen LogP contribution in [0.2, 0.25) is 5.02 Å². The van der Waals surface area contributed by atoms with E-state index in [4.69, 9.17) is 21.3 Å². The third-order valence-electron chi connectivity index (χ3n) is 4.96. The number of nitrogens with zero attached hydrogens (tertiary/aromatic N) is 2. The van der Waals surface area contributed by atoms with Crippen LogP contribution in [0.3, 0.4) is 0 Å². The number of hydrogen-bond donors (Lipinski definition) is 1. The van der Waals surface area contributed by atoms with Crippen LogP contribution in [0.5, 0.6) is 5.75 Å². The molecular weight excluding hydrogens is 466 g/mol. The molecule has 0 spiro atoms. The summed E-state index contributed by atoms with van der Waals surface area (Å²) in [6.07, 6.45) is 0. The van der Waals surface area contributed by atoms with Crippen LogP contribution >= 0.6 is 34.7 Å². The van der Waals surface area contributed by atoms with Gasteiger partial charge >= 0.3 is 0 Å². The molecule has 6 nitrogen and oxygen atoms in total. The van der Waals surface area contributed by atoms with Crippen molar-refractivity contribution in [2.75, 3.05) is 18.2 Å². The average Bonchev–Trinajstić information content (AvgIpc) is 3.07. The largest absolute Gasteiger partial charge is 0.497 e. The Hall–Kier alpha value is -2.81. The first-order valence-corrected chi connectivity index (χ1v) is 11.9. The number of thioether (sulfide) groups is 1. The van der Waals surface area contributed by atoms with Crippen molar-refractivity contribution >= 4 is 56.5 Å². The Morgan fingerprint density at radius 1 is 1.16 bits per heavy atom. The minimum Gasteiger partial charge on any atom is -0.497 e. The number of hydrogen-bond acceptors (Lipinski definition) is 6. The summed E-state index contributed by atoms with van der Waals surface area (Å²) in [5.74, 6) is 0.585. The number of amides is 1. The van der Waals surface area contributed by atoms with Gasteiger partial charge in [-0.25, -0.2) is 4.98 Å². The Labute approximate surface area is 198 Å². The fourth-order valence-corrected chi connectivity index (χ4v) is 5.20. The molecule has 0 radical (unpaired) electrons. The molecule has 0 saturated heterocycles. The van der Waals surface area contributed by atoms with Gasteiger partial charge in [-0.15, -0.1) is 11.3 Å². The van der Waals surface area contributed by atoms with Gasteiger partial charge in [-0.05, 0) is 67.9 Å². The molecular formula is C23H20ClN3O3S2. The van der Waals surface area contributed by atoms with Crippen LogP contribution in [0.15, 0.2) is 58.5 Å². The summed E-state index contributed by atoms with van der Waals surface area (Å²) in [6.45, 7) is 3.91. The lowest BCUT2D eigenvalue weighted by Crippen LogP contribution is -2.22. The number of thiophene rings is 1. The standard InChI is InChI=1S/C23H20ClN3O3S2/c1-13-14(2)32-21-20(13)22(29)27(17-8-10-18(30-3)11-9-17)23(26-21)31-12-19(28)25-16-6-4-15(24)5-7-16/h4-11H,12H2,1-3H3,(H,25,28). The SMILES string of the molecule is COc1ccc(-n2c(SCC(=O)Nc3ccc(Cl)cc3)nc3sc(C)c(C)c3c2=O)cc1. The normalized spacial score (nSPS) is 11.0. The highest BCUT2D eigenvalue weighted by molar-refractivity contribution is 7.99. The molecule has 2 aromatic carbocycles. The van der Waals surface area contributed by atoms with Gasteiger partial charge in [0, 0.05) is 15.6 Å². The van der Waals surface area contributed by atoms with Crippen LogP contribution in [0, 0.1) is 13.8 Å². The van der Waals surface area contributed by atoms with Crippen LogP contribution < -0.4 is 15.6 Å². The number of rotatable bonds is 6. The molecule has 0 saturated carbocycles. The second kappa shape index (κ2) is 9.36. The maximum Gasteiger partial charge on any atom is 0.267 e. The quantitative estimate of drug-likeness (QED) is 0.290. The van der Waals surface area contributed by atoms with E-state index in [1.165, 1.54) is 23.1 Å². The van der Waals surface area contributed by atoms with E-state index in [1.807, 2.05) is 13.8 Å². The van der Waals surface area contributed by atoms with E-state index >= 15 is 0 Å². The van der Waals surface area contributed by atoms with Crippen LogP contribution in [0.1, 0.15) is 10.4 Å². The summed E-state index contributed by atoms with van der Waals surface area (Å²) in [5.41, 5.74) is 2.10. The lowest BCUT2D eigenvalue weighted by molar-refractivity contribution is -0.113. The number of benzene rings is 2. The monoisotopic (exact) mass is 485 g/mol. The van der Waals surface area contributed by atoms with Crippen molar-refractivity contribution in [2.24, 2.45) is 0 Å². The first-order valence-electron chi connectivity index (χ1n) is 9.72. The molecule has 1 amide bonds. The smallest absolute Gasteiger partial charge is 0.267 e. The van der Waals surface area contributed by atoms with Crippen molar-refractivity contribution in [1.29, 1.82) is 0 Å². The van der Waals surface area contributed by atoms with Crippen molar-refractivity contribution in [1.82, 2.24) is 9.55 Å². The molecule has 4 rings (SSSR count). The average molecular weight is 486 g/mol. The molecule has 0 atom stereocenters. The maximum absolute atomic E-state index is 13.5. The van der Waals surface area contributed by atoms with Gasteiger partial charge < -0.3 is 10.1 Å². The molecule has 0 aliphatic rings. The number of methoxy groups -OCH3 is 1. The Kier molecular flexibility index (Phi) is 6.55. The second-order valence-electron chi connectivity index (χ2n) is 7.04. The number of nitrogens with one attached hydrogen (secondary N) is 1. The minimum absolute atomic E-state index is 0.0973. The molecule has 2 heterocycles. The number of anilines is 1. The van der Waals surface area contributed by atoms with Gasteiger partial charge in [0.2, 0.25) is 5.91 Å². The Morgan fingerprint density at radius 2 is 1.84 bits per heavy atom. The van der Waals surface area contributed by atoms with E-state index in [2.05, 4.69) is 5.32 Å². The Bertz CT molecular complexity index is 1350. The second-order valence-corrected chi connectivity index (χ2v) is 9.62. The fourth-order valence-electron chi connectivity index (χ4n) is 3.19. The van der Waals surface area contributed by atoms with E-state index < -0.39 is 0 Å². The predicted molar refractivity (Wildman–Crippen MR) is 132 cm³/mol. The van der Waals surface area contributed by atoms with E-state index in [0.29, 0.717) is 37.5 Å². The first kappa shape index (κ1) is 22.4. The number of aromatic nitrogens is 2. The molecule has 32 heavy (non-hydrogen) atoms. The summed E-state index contributed by atoms with van der Waals surface area (Å²) in [6, 6.07) is 14.1. The lowest BCUT2D eigenvalue weighted by Gasteiger charge is -2.13. The van der Waals surface area contributed by atoms with Crippen molar-refractivity contribution < 1.29 is 9.53 Å². The van der Waals surface area contributed by atoms with Crippen LogP contribution in [0.4, 0.5) is 5.69 Å². The van der Waals surface area contributed by atoms with Crippen molar-refractivity contribution in [3.8, 4) is 11.4 Å². The number of carbonyl (C=O) groups is 1. The van der Waals surface area contributed by atoms with Gasteiger partial charge in [0.05, 0.1) is 23.9 Å². The topological polar surface area (TPSA) is 73.2 Å². The van der Waals surface area contributed by atoms with Crippen molar-refractivity contribution in [3.05, 3.63) is 74.3 Å². The molecule has 2 aromatic heterocycles. The maximum atomic E-state index is 13.5. The van der Waals surface area contributed by atoms with E-state index in [9.17, 15) is 9.59 Å². The third kappa shape index (κ3) is 4.53. The van der Waals surface area contributed by atoms with Gasteiger partial charge in [-0.2, -0.15) is 0 Å². The van der Waals surface area contributed by atoms with E-state index in [0.717, 1.165) is 10.4 Å². The first-order chi connectivity index (χ1) is 15.4. The zero-order valence-corrected chi connectivity index (χ0v) is 20.0. The van der Waals surface area contributed by atoms with Gasteiger partial charge in [0.1, 0.15) is 10.6 Å². The molecule has 9 heteroatoms. The summed E-state index contributed by atoms with van der Waals surface area (Å²) in [4.78, 5) is 32.5. The Morgan fingerprint density at radius 3 is 2.50 bits per heavy atom. The van der Waals surface area contributed by atoms with Crippen LogP contribution in [0.25, 0.3) is 15.9 Å². The fraction of sp³-hybridized carbons (Fsp3) is 0.174. The summed E-state index contributed by atoms with van der Waals surface area (Å²) >= 11 is 8.60. The highest BCUT2D eigenvalue weighted by Crippen LogP contribution is 2.30. The lowest BCUT2D eigenvalue weighted by atomic mass is 10.2. The number of aryl methyl sites for hydroxylation is 2. The number of fused-ring (bicyclic) bond motifs is 1. The molecule has 4 aromatic rings. The highest BCUT2D eigenvalue weighted by atomic mass is 35.5. The summed E-state index contributed by atoms with van der Waals surface area (Å²) < 4.78 is 6.79. The number of ether oxygens (including phenoxy) is 1. The molecule has 0 aliphatic heterocycles. The van der Waals surface area contributed by atoms with Gasteiger partial charge in [-0.3, -0.25) is 14.2 Å².